The lowest BCUT2D eigenvalue weighted by Crippen LogP contribution is -2.29. The Morgan fingerprint density at radius 3 is 1.14 bits per heavy atom. The maximum Gasteiger partial charge on any atom is 0.472 e. The Labute approximate surface area is 419 Å². The van der Waals surface area contributed by atoms with Crippen LogP contribution in [-0.2, 0) is 32.7 Å². The second-order valence-electron chi connectivity index (χ2n) is 16.3. The minimum atomic E-state index is -4.41. The van der Waals surface area contributed by atoms with E-state index < -0.39 is 32.5 Å². The largest absolute Gasteiger partial charge is 0.472 e. The normalized spacial score (nSPS) is 14.4. The fourth-order valence-corrected chi connectivity index (χ4v) is 6.91. The first-order chi connectivity index (χ1) is 33.8. The van der Waals surface area contributed by atoms with Crippen molar-refractivity contribution < 1.29 is 37.6 Å². The topological polar surface area (TPSA) is 134 Å². The average molecular weight is 974 g/mol. The Hall–Kier alpha value is -4.37. The molecule has 0 aromatic rings. The van der Waals surface area contributed by atoms with Crippen molar-refractivity contribution in [2.24, 2.45) is 5.73 Å². The van der Waals surface area contributed by atoms with Crippen molar-refractivity contribution in [2.45, 2.75) is 174 Å². The molecule has 0 aromatic carbocycles. The molecule has 0 amide bonds. The van der Waals surface area contributed by atoms with Crippen LogP contribution in [0.1, 0.15) is 168 Å². The van der Waals surface area contributed by atoms with Gasteiger partial charge in [-0.3, -0.25) is 18.6 Å². The standard InChI is InChI=1S/C59H92NO8P/c1-3-5-7-9-11-13-15-17-19-20-21-22-23-24-25-26-27-28-29-30-31-32-33-34-35-36-38-40-42-44-46-48-50-52-59(62)68-57(56-67-69(63,64)66-54-53-60)55-65-58(61)51-49-47-45-43-41-39-37-18-16-14-12-10-8-6-4-2/h5-8,11-14,17-19,21-22,24-25,27-28,30-31,33-34,36-38,42,44,57H,3-4,9-10,15-16,20,23,26,29,32,35,39-41,43,45-56,60H2,1-2H3,(H,63,64)/b7-5-,8-6-,13-11-,14-12-,19-17-,22-21-,25-24-,28-27-,31-30-,34-33-,37-18-,38-36-,44-42-. The number of ether oxygens (including phenoxy) is 2. The predicted octanol–water partition coefficient (Wildman–Crippen LogP) is 16.2. The number of phosphoric ester groups is 1. The van der Waals surface area contributed by atoms with Crippen LogP contribution in [0.15, 0.2) is 158 Å². The van der Waals surface area contributed by atoms with Crippen LogP contribution >= 0.6 is 7.82 Å². The van der Waals surface area contributed by atoms with Crippen molar-refractivity contribution in [3.05, 3.63) is 158 Å². The molecule has 0 aromatic heterocycles. The molecule has 0 aliphatic rings. The van der Waals surface area contributed by atoms with E-state index in [0.717, 1.165) is 128 Å². The summed E-state index contributed by atoms with van der Waals surface area (Å²) in [6, 6.07) is 0. The highest BCUT2D eigenvalue weighted by Crippen LogP contribution is 2.43. The van der Waals surface area contributed by atoms with E-state index in [9.17, 15) is 19.0 Å². The molecular weight excluding hydrogens is 882 g/mol. The molecular formula is C59H92NO8P. The zero-order chi connectivity index (χ0) is 50.2. The number of unbranched alkanes of at least 4 members (excludes halogenated alkanes) is 7. The van der Waals surface area contributed by atoms with E-state index in [0.29, 0.717) is 12.8 Å². The van der Waals surface area contributed by atoms with Gasteiger partial charge in [-0.25, -0.2) is 4.57 Å². The first-order valence-electron chi connectivity index (χ1n) is 26.0. The lowest BCUT2D eigenvalue weighted by Gasteiger charge is -2.19. The minimum Gasteiger partial charge on any atom is -0.462 e. The third-order valence-corrected chi connectivity index (χ3v) is 10.9. The number of hydrogen-bond donors (Lipinski definition) is 2. The molecule has 0 fully saturated rings. The Bertz CT molecular complexity index is 1680. The van der Waals surface area contributed by atoms with Gasteiger partial charge in [0.05, 0.1) is 13.2 Å². The highest BCUT2D eigenvalue weighted by atomic mass is 31.2. The summed E-state index contributed by atoms with van der Waals surface area (Å²) in [6.07, 6.45) is 77.2. The quantitative estimate of drug-likeness (QED) is 0.0265. The van der Waals surface area contributed by atoms with Gasteiger partial charge in [-0.15, -0.1) is 0 Å². The molecule has 2 atom stereocenters. The van der Waals surface area contributed by atoms with Gasteiger partial charge in [0.15, 0.2) is 6.10 Å². The van der Waals surface area contributed by atoms with Gasteiger partial charge >= 0.3 is 19.8 Å². The zero-order valence-electron chi connectivity index (χ0n) is 42.7. The van der Waals surface area contributed by atoms with Crippen molar-refractivity contribution >= 4 is 19.8 Å². The zero-order valence-corrected chi connectivity index (χ0v) is 43.6. The van der Waals surface area contributed by atoms with Gasteiger partial charge in [-0.05, 0) is 122 Å². The van der Waals surface area contributed by atoms with Crippen molar-refractivity contribution in [3.8, 4) is 0 Å². The summed E-state index contributed by atoms with van der Waals surface area (Å²) in [5.74, 6) is -0.917. The van der Waals surface area contributed by atoms with Gasteiger partial charge in [-0.1, -0.05) is 191 Å². The lowest BCUT2D eigenvalue weighted by atomic mass is 10.1. The Morgan fingerprint density at radius 2 is 0.754 bits per heavy atom. The summed E-state index contributed by atoms with van der Waals surface area (Å²) in [5.41, 5.74) is 5.36. The Balaban J connectivity index is 4.19. The van der Waals surface area contributed by atoms with Crippen molar-refractivity contribution in [2.75, 3.05) is 26.4 Å². The monoisotopic (exact) mass is 974 g/mol. The molecule has 0 spiro atoms. The smallest absolute Gasteiger partial charge is 0.462 e. The maximum atomic E-state index is 12.6. The first kappa shape index (κ1) is 64.6. The first-order valence-corrected chi connectivity index (χ1v) is 27.5. The summed E-state index contributed by atoms with van der Waals surface area (Å²) >= 11 is 0. The highest BCUT2D eigenvalue weighted by Gasteiger charge is 2.26. The molecule has 386 valence electrons. The fraction of sp³-hybridized carbons (Fsp3) is 0.525. The number of rotatable bonds is 46. The van der Waals surface area contributed by atoms with E-state index in [1.807, 2.05) is 0 Å². The third kappa shape index (κ3) is 52.8. The van der Waals surface area contributed by atoms with Crippen LogP contribution in [0.25, 0.3) is 0 Å². The number of hydrogen-bond acceptors (Lipinski definition) is 8. The number of carbonyl (C=O) groups excluding carboxylic acids is 2. The molecule has 9 nitrogen and oxygen atoms in total. The average Bonchev–Trinajstić information content (AvgIpc) is 3.34. The van der Waals surface area contributed by atoms with Crippen LogP contribution in [0.4, 0.5) is 0 Å². The summed E-state index contributed by atoms with van der Waals surface area (Å²) < 4.78 is 32.8. The molecule has 0 aliphatic carbocycles. The van der Waals surface area contributed by atoms with Crippen molar-refractivity contribution in [3.63, 3.8) is 0 Å². The van der Waals surface area contributed by atoms with Crippen LogP contribution < -0.4 is 5.73 Å². The van der Waals surface area contributed by atoms with Gasteiger partial charge in [0, 0.05) is 19.4 Å². The highest BCUT2D eigenvalue weighted by molar-refractivity contribution is 7.47. The van der Waals surface area contributed by atoms with Crippen molar-refractivity contribution in [1.29, 1.82) is 0 Å². The van der Waals surface area contributed by atoms with Crippen LogP contribution in [0.5, 0.6) is 0 Å². The molecule has 2 unspecified atom stereocenters. The van der Waals surface area contributed by atoms with Crippen LogP contribution in [0, 0.1) is 0 Å². The Kier molecular flexibility index (Phi) is 49.6. The predicted molar refractivity (Wildman–Crippen MR) is 293 cm³/mol. The van der Waals surface area contributed by atoms with Gasteiger partial charge in [0.2, 0.25) is 0 Å². The second-order valence-corrected chi connectivity index (χ2v) is 17.7. The van der Waals surface area contributed by atoms with E-state index in [1.165, 1.54) is 0 Å². The van der Waals surface area contributed by atoms with E-state index in [4.69, 9.17) is 24.3 Å². The van der Waals surface area contributed by atoms with Crippen LogP contribution in [0.3, 0.4) is 0 Å². The second kappa shape index (κ2) is 53.0. The number of nitrogens with two attached hydrogens (primary N) is 1. The molecule has 3 N–H and O–H groups in total. The fourth-order valence-electron chi connectivity index (χ4n) is 6.15. The van der Waals surface area contributed by atoms with E-state index >= 15 is 0 Å². The molecule has 0 bridgehead atoms. The van der Waals surface area contributed by atoms with Gasteiger partial charge < -0.3 is 20.1 Å². The molecule has 0 rings (SSSR count). The van der Waals surface area contributed by atoms with Gasteiger partial charge in [0.1, 0.15) is 6.61 Å². The minimum absolute atomic E-state index is 0.0339. The lowest BCUT2D eigenvalue weighted by molar-refractivity contribution is -0.161. The molecule has 0 radical (unpaired) electrons. The maximum absolute atomic E-state index is 12.6. The van der Waals surface area contributed by atoms with Gasteiger partial charge in [-0.2, -0.15) is 0 Å². The summed E-state index contributed by atoms with van der Waals surface area (Å²) in [6.45, 7) is 3.40. The number of allylic oxidation sites excluding steroid dienone is 26. The molecule has 0 aliphatic heterocycles. The summed E-state index contributed by atoms with van der Waals surface area (Å²) in [7, 11) is -4.41. The number of phosphoric acid groups is 1. The molecule has 0 heterocycles. The third-order valence-electron chi connectivity index (χ3n) is 9.91. The van der Waals surface area contributed by atoms with Crippen molar-refractivity contribution in [1.82, 2.24) is 0 Å². The SMILES string of the molecule is CC/C=C\C/C=C\C/C=C\C/C=C\C/C=C\C/C=C\C/C=C\C/C=C\C/C=C\C/C=C\CCCCC(=O)OC(COC(=O)CCCCCCC/C=C\C/C=C\C/C=C\CC)COP(=O)(O)OCCN. The summed E-state index contributed by atoms with van der Waals surface area (Å²) in [4.78, 5) is 35.0. The summed E-state index contributed by atoms with van der Waals surface area (Å²) in [5, 5.41) is 0. The number of carbonyl (C=O) groups is 2. The van der Waals surface area contributed by atoms with E-state index in [2.05, 4.69) is 172 Å². The molecule has 10 heteroatoms. The Morgan fingerprint density at radius 1 is 0.435 bits per heavy atom. The molecule has 69 heavy (non-hydrogen) atoms. The van der Waals surface area contributed by atoms with Crippen LogP contribution in [-0.4, -0.2) is 49.3 Å². The van der Waals surface area contributed by atoms with E-state index in [-0.39, 0.29) is 32.6 Å². The molecule has 0 saturated carbocycles. The molecule has 0 saturated heterocycles. The van der Waals surface area contributed by atoms with E-state index in [1.54, 1.807) is 0 Å². The van der Waals surface area contributed by atoms with Gasteiger partial charge in [0.25, 0.3) is 0 Å². The van der Waals surface area contributed by atoms with Crippen LogP contribution in [0.2, 0.25) is 0 Å². The number of esters is 2.